The van der Waals surface area contributed by atoms with E-state index in [-0.39, 0.29) is 11.5 Å². The molecular formula is C19H19N5O3S2. The number of ether oxygens (including phenoxy) is 1. The van der Waals surface area contributed by atoms with E-state index in [0.29, 0.717) is 45.7 Å². The Morgan fingerprint density at radius 2 is 2.07 bits per heavy atom. The molecule has 0 aliphatic rings. The van der Waals surface area contributed by atoms with E-state index in [4.69, 9.17) is 4.74 Å². The molecule has 8 nitrogen and oxygen atoms in total. The Morgan fingerprint density at radius 1 is 1.28 bits per heavy atom. The molecule has 0 atom stereocenters. The van der Waals surface area contributed by atoms with Crippen LogP contribution in [-0.4, -0.2) is 39.6 Å². The topological polar surface area (TPSA) is 101 Å². The zero-order valence-corrected chi connectivity index (χ0v) is 18.0. The van der Waals surface area contributed by atoms with Gasteiger partial charge in [-0.05, 0) is 37.8 Å². The van der Waals surface area contributed by atoms with Gasteiger partial charge in [0.1, 0.15) is 31.9 Å². The highest BCUT2D eigenvalue weighted by atomic mass is 32.1. The summed E-state index contributed by atoms with van der Waals surface area (Å²) in [4.78, 5) is 44.2. The SMILES string of the molecule is CCOC(=O)c1sc2nc(C)nc(N(C)Cc3nc4ccsc4c(=O)[nH]3)c2c1C. The lowest BCUT2D eigenvalue weighted by Gasteiger charge is -2.19. The van der Waals surface area contributed by atoms with E-state index < -0.39 is 0 Å². The van der Waals surface area contributed by atoms with Crippen molar-refractivity contribution >= 4 is 54.9 Å². The van der Waals surface area contributed by atoms with Crippen molar-refractivity contribution in [2.45, 2.75) is 27.3 Å². The van der Waals surface area contributed by atoms with E-state index >= 15 is 0 Å². The summed E-state index contributed by atoms with van der Waals surface area (Å²) in [6, 6.07) is 1.83. The number of H-pyrrole nitrogens is 1. The number of aromatic nitrogens is 4. The largest absolute Gasteiger partial charge is 0.462 e. The maximum atomic E-state index is 12.3. The number of esters is 1. The van der Waals surface area contributed by atoms with Gasteiger partial charge in [-0.1, -0.05) is 0 Å². The van der Waals surface area contributed by atoms with E-state index in [0.717, 1.165) is 15.8 Å². The number of nitrogens with zero attached hydrogens (tertiary/aromatic N) is 4. The Hall–Kier alpha value is -2.85. The molecule has 10 heteroatoms. The van der Waals surface area contributed by atoms with Gasteiger partial charge in [-0.25, -0.2) is 19.7 Å². The van der Waals surface area contributed by atoms with Gasteiger partial charge in [-0.3, -0.25) is 4.79 Å². The lowest BCUT2D eigenvalue weighted by molar-refractivity contribution is 0.0531. The van der Waals surface area contributed by atoms with Gasteiger partial charge in [-0.15, -0.1) is 22.7 Å². The summed E-state index contributed by atoms with van der Waals surface area (Å²) in [7, 11) is 1.88. The number of fused-ring (bicyclic) bond motifs is 2. The molecular weight excluding hydrogens is 410 g/mol. The number of aromatic amines is 1. The lowest BCUT2D eigenvalue weighted by Crippen LogP contribution is -2.22. The molecule has 0 amide bonds. The average Bonchev–Trinajstić information content (AvgIpc) is 3.26. The van der Waals surface area contributed by atoms with Crippen molar-refractivity contribution in [2.24, 2.45) is 0 Å². The van der Waals surface area contributed by atoms with E-state index in [2.05, 4.69) is 19.9 Å². The molecule has 0 aromatic carbocycles. The maximum absolute atomic E-state index is 12.3. The summed E-state index contributed by atoms with van der Waals surface area (Å²) >= 11 is 2.68. The summed E-state index contributed by atoms with van der Waals surface area (Å²) in [6.45, 7) is 6.14. The summed E-state index contributed by atoms with van der Waals surface area (Å²) in [5, 5.41) is 2.66. The number of hydrogen-bond donors (Lipinski definition) is 1. The van der Waals surface area contributed by atoms with Crippen molar-refractivity contribution in [3.63, 3.8) is 0 Å². The van der Waals surface area contributed by atoms with E-state index in [9.17, 15) is 9.59 Å². The van der Waals surface area contributed by atoms with Crippen molar-refractivity contribution in [1.82, 2.24) is 19.9 Å². The molecule has 4 aromatic heterocycles. The van der Waals surface area contributed by atoms with Gasteiger partial charge in [-0.2, -0.15) is 0 Å². The molecule has 29 heavy (non-hydrogen) atoms. The molecule has 4 rings (SSSR count). The van der Waals surface area contributed by atoms with E-state index in [1.807, 2.05) is 37.2 Å². The van der Waals surface area contributed by atoms with Crippen LogP contribution in [0.25, 0.3) is 20.4 Å². The van der Waals surface area contributed by atoms with Crippen molar-refractivity contribution in [3.05, 3.63) is 43.9 Å². The van der Waals surface area contributed by atoms with Crippen molar-refractivity contribution in [2.75, 3.05) is 18.6 Å². The molecule has 0 bridgehead atoms. The highest BCUT2D eigenvalue weighted by molar-refractivity contribution is 7.20. The van der Waals surface area contributed by atoms with Crippen LogP contribution in [-0.2, 0) is 11.3 Å². The number of carbonyl (C=O) groups excluding carboxylic acids is 1. The molecule has 0 radical (unpaired) electrons. The highest BCUT2D eigenvalue weighted by Crippen LogP contribution is 2.35. The monoisotopic (exact) mass is 429 g/mol. The van der Waals surface area contributed by atoms with E-state index in [1.54, 1.807) is 6.92 Å². The van der Waals surface area contributed by atoms with Crippen LogP contribution >= 0.6 is 22.7 Å². The maximum Gasteiger partial charge on any atom is 0.348 e. The highest BCUT2D eigenvalue weighted by Gasteiger charge is 2.22. The minimum absolute atomic E-state index is 0.145. The van der Waals surface area contributed by atoms with Crippen LogP contribution in [0.1, 0.15) is 33.8 Å². The van der Waals surface area contributed by atoms with Crippen LogP contribution in [0.3, 0.4) is 0 Å². The quantitative estimate of drug-likeness (QED) is 0.485. The first kappa shape index (κ1) is 19.5. The second-order valence-corrected chi connectivity index (χ2v) is 8.47. The normalized spacial score (nSPS) is 11.3. The first-order chi connectivity index (χ1) is 13.9. The van der Waals surface area contributed by atoms with Crippen LogP contribution in [0.4, 0.5) is 5.82 Å². The molecule has 0 spiro atoms. The number of nitrogens with one attached hydrogen (secondary N) is 1. The molecule has 0 aliphatic heterocycles. The minimum atomic E-state index is -0.354. The number of carbonyl (C=O) groups is 1. The second-order valence-electron chi connectivity index (χ2n) is 6.55. The minimum Gasteiger partial charge on any atom is -0.462 e. The molecule has 0 saturated carbocycles. The molecule has 1 N–H and O–H groups in total. The summed E-state index contributed by atoms with van der Waals surface area (Å²) in [5.41, 5.74) is 1.33. The van der Waals surface area contributed by atoms with Gasteiger partial charge in [0.25, 0.3) is 5.56 Å². The van der Waals surface area contributed by atoms with Gasteiger partial charge >= 0.3 is 5.97 Å². The smallest absolute Gasteiger partial charge is 0.348 e. The Balaban J connectivity index is 1.77. The third-order valence-electron chi connectivity index (χ3n) is 4.46. The van der Waals surface area contributed by atoms with E-state index in [1.165, 1.54) is 22.7 Å². The number of rotatable bonds is 5. The zero-order chi connectivity index (χ0) is 20.7. The number of anilines is 1. The molecule has 0 fully saturated rings. The summed E-state index contributed by atoms with van der Waals surface area (Å²) in [6.07, 6.45) is 0. The number of aryl methyl sites for hydroxylation is 2. The molecule has 4 aromatic rings. The van der Waals surface area contributed by atoms with Crippen LogP contribution in [0.2, 0.25) is 0 Å². The third-order valence-corrected chi connectivity index (χ3v) is 6.52. The fourth-order valence-corrected chi connectivity index (χ4v) is 5.03. The Labute approximate surface area is 174 Å². The predicted octanol–water partition coefficient (Wildman–Crippen LogP) is 3.42. The Bertz CT molecular complexity index is 1290. The standard InChI is InChI=1S/C19H19N5O3S2/c1-5-27-19(26)14-9(2)13-16(20-10(3)21-18(13)29-14)24(4)8-12-22-11-6-7-28-15(11)17(25)23-12/h6-7H,5,8H2,1-4H3,(H,22,23,25). The third kappa shape index (κ3) is 3.49. The molecule has 0 saturated heterocycles. The fourth-order valence-electron chi connectivity index (χ4n) is 3.19. The van der Waals surface area contributed by atoms with Gasteiger partial charge < -0.3 is 14.6 Å². The van der Waals surface area contributed by atoms with Crippen molar-refractivity contribution in [1.29, 1.82) is 0 Å². The first-order valence-corrected chi connectivity index (χ1v) is 10.7. The predicted molar refractivity (Wildman–Crippen MR) is 115 cm³/mol. The van der Waals surface area contributed by atoms with Gasteiger partial charge in [0, 0.05) is 7.05 Å². The van der Waals surface area contributed by atoms with Crippen molar-refractivity contribution < 1.29 is 9.53 Å². The van der Waals surface area contributed by atoms with Crippen molar-refractivity contribution in [3.8, 4) is 0 Å². The Morgan fingerprint density at radius 3 is 2.83 bits per heavy atom. The van der Waals surface area contributed by atoms with Crippen LogP contribution in [0.15, 0.2) is 16.2 Å². The van der Waals surface area contributed by atoms with Gasteiger partial charge in [0.05, 0.1) is 24.1 Å². The van der Waals surface area contributed by atoms with Gasteiger partial charge in [0.15, 0.2) is 0 Å². The number of thiophene rings is 2. The van der Waals surface area contributed by atoms with Gasteiger partial charge in [0.2, 0.25) is 0 Å². The zero-order valence-electron chi connectivity index (χ0n) is 16.4. The summed E-state index contributed by atoms with van der Waals surface area (Å²) in [5.74, 6) is 1.48. The second kappa shape index (κ2) is 7.53. The van der Waals surface area contributed by atoms with Crippen LogP contribution < -0.4 is 10.5 Å². The van der Waals surface area contributed by atoms with Crippen LogP contribution in [0, 0.1) is 13.8 Å². The lowest BCUT2D eigenvalue weighted by atomic mass is 10.2. The number of hydrogen-bond acceptors (Lipinski definition) is 9. The summed E-state index contributed by atoms with van der Waals surface area (Å²) < 4.78 is 5.79. The molecule has 0 aliphatic carbocycles. The first-order valence-electron chi connectivity index (χ1n) is 9.01. The van der Waals surface area contributed by atoms with Crippen LogP contribution in [0.5, 0.6) is 0 Å². The Kier molecular flexibility index (Phi) is 5.05. The molecule has 0 unspecified atom stereocenters. The fraction of sp³-hybridized carbons (Fsp3) is 0.316. The molecule has 150 valence electrons. The molecule has 4 heterocycles. The average molecular weight is 430 g/mol.